The second-order valence-electron chi connectivity index (χ2n) is 4.43. The Labute approximate surface area is 99.0 Å². The first-order chi connectivity index (χ1) is 7.65. The zero-order valence-electron chi connectivity index (χ0n) is 10.8. The van der Waals surface area contributed by atoms with E-state index in [1.54, 1.807) is 7.11 Å². The fraction of sp³-hybridized carbons (Fsp3) is 0.571. The molecule has 0 fully saturated rings. The van der Waals surface area contributed by atoms with E-state index in [0.717, 1.165) is 13.0 Å². The summed E-state index contributed by atoms with van der Waals surface area (Å²) in [5.41, 5.74) is 2.73. The highest BCUT2D eigenvalue weighted by Crippen LogP contribution is 2.17. The van der Waals surface area contributed by atoms with Crippen LogP contribution in [0.2, 0.25) is 0 Å². The number of hydrogen-bond acceptors (Lipinski definition) is 2. The standard InChI is InChI=1S/C14H23NO/c1-11-7-5-6-8-14(11)13(3)15-12(2)9-10-16-4/h5-8,12-13,15H,9-10H2,1-4H3. The molecule has 0 aliphatic rings. The molecule has 1 rings (SSSR count). The second kappa shape index (κ2) is 6.66. The van der Waals surface area contributed by atoms with Gasteiger partial charge in [0.05, 0.1) is 0 Å². The molecule has 0 saturated heterocycles. The Bertz CT molecular complexity index is 311. The summed E-state index contributed by atoms with van der Waals surface area (Å²) in [5, 5.41) is 3.59. The SMILES string of the molecule is COCCC(C)NC(C)c1ccccc1C. The fourth-order valence-electron chi connectivity index (χ4n) is 1.97. The van der Waals surface area contributed by atoms with Crippen LogP contribution in [0.5, 0.6) is 0 Å². The molecule has 16 heavy (non-hydrogen) atoms. The van der Waals surface area contributed by atoms with Gasteiger partial charge in [0, 0.05) is 25.8 Å². The number of rotatable bonds is 6. The largest absolute Gasteiger partial charge is 0.385 e. The van der Waals surface area contributed by atoms with Gasteiger partial charge in [-0.2, -0.15) is 0 Å². The van der Waals surface area contributed by atoms with Crippen LogP contribution in [-0.4, -0.2) is 19.8 Å². The molecule has 2 atom stereocenters. The van der Waals surface area contributed by atoms with Crippen LogP contribution in [0.1, 0.15) is 37.4 Å². The van der Waals surface area contributed by atoms with Crippen molar-refractivity contribution >= 4 is 0 Å². The summed E-state index contributed by atoms with van der Waals surface area (Å²) in [6.07, 6.45) is 1.05. The number of ether oxygens (including phenoxy) is 1. The molecule has 1 aromatic carbocycles. The van der Waals surface area contributed by atoms with Crippen LogP contribution in [0.3, 0.4) is 0 Å². The normalized spacial score (nSPS) is 14.8. The first kappa shape index (κ1) is 13.2. The average molecular weight is 221 g/mol. The third-order valence-corrected chi connectivity index (χ3v) is 2.94. The molecule has 0 aliphatic heterocycles. The highest BCUT2D eigenvalue weighted by molar-refractivity contribution is 5.28. The zero-order chi connectivity index (χ0) is 12.0. The van der Waals surface area contributed by atoms with Gasteiger partial charge >= 0.3 is 0 Å². The lowest BCUT2D eigenvalue weighted by molar-refractivity contribution is 0.183. The second-order valence-corrected chi connectivity index (χ2v) is 4.43. The summed E-state index contributed by atoms with van der Waals surface area (Å²) in [6.45, 7) is 7.39. The molecular weight excluding hydrogens is 198 g/mol. The van der Waals surface area contributed by atoms with Crippen LogP contribution in [0, 0.1) is 6.92 Å². The van der Waals surface area contributed by atoms with Gasteiger partial charge in [-0.25, -0.2) is 0 Å². The molecule has 0 spiro atoms. The minimum atomic E-state index is 0.396. The lowest BCUT2D eigenvalue weighted by atomic mass is 10.0. The highest BCUT2D eigenvalue weighted by atomic mass is 16.5. The first-order valence-electron chi connectivity index (χ1n) is 5.95. The van der Waals surface area contributed by atoms with E-state index in [9.17, 15) is 0 Å². The summed E-state index contributed by atoms with van der Waals surface area (Å²) < 4.78 is 5.08. The predicted octanol–water partition coefficient (Wildman–Crippen LogP) is 3.07. The lowest BCUT2D eigenvalue weighted by Crippen LogP contribution is -2.30. The molecule has 2 unspecified atom stereocenters. The molecule has 0 bridgehead atoms. The van der Waals surface area contributed by atoms with E-state index in [1.165, 1.54) is 11.1 Å². The molecule has 0 aliphatic carbocycles. The lowest BCUT2D eigenvalue weighted by Gasteiger charge is -2.21. The Balaban J connectivity index is 2.52. The molecule has 2 heteroatoms. The molecule has 0 heterocycles. The molecule has 0 aromatic heterocycles. The van der Waals surface area contributed by atoms with Crippen molar-refractivity contribution in [1.82, 2.24) is 5.32 Å². The van der Waals surface area contributed by atoms with Gasteiger partial charge in [-0.3, -0.25) is 0 Å². The Morgan fingerprint density at radius 2 is 1.94 bits per heavy atom. The van der Waals surface area contributed by atoms with Crippen LogP contribution >= 0.6 is 0 Å². The summed E-state index contributed by atoms with van der Waals surface area (Å²) in [4.78, 5) is 0. The van der Waals surface area contributed by atoms with Gasteiger partial charge in [0.15, 0.2) is 0 Å². The first-order valence-corrected chi connectivity index (χ1v) is 5.95. The van der Waals surface area contributed by atoms with Crippen molar-refractivity contribution in [3.05, 3.63) is 35.4 Å². The van der Waals surface area contributed by atoms with E-state index in [0.29, 0.717) is 12.1 Å². The van der Waals surface area contributed by atoms with Gasteiger partial charge in [-0.1, -0.05) is 24.3 Å². The van der Waals surface area contributed by atoms with Crippen molar-refractivity contribution < 1.29 is 4.74 Å². The number of benzene rings is 1. The van der Waals surface area contributed by atoms with Crippen LogP contribution in [-0.2, 0) is 4.74 Å². The fourth-order valence-corrected chi connectivity index (χ4v) is 1.97. The number of hydrogen-bond donors (Lipinski definition) is 1. The maximum atomic E-state index is 5.08. The van der Waals surface area contributed by atoms with Gasteiger partial charge in [0.2, 0.25) is 0 Å². The van der Waals surface area contributed by atoms with Gasteiger partial charge in [-0.05, 0) is 38.3 Å². The van der Waals surface area contributed by atoms with Crippen molar-refractivity contribution in [2.75, 3.05) is 13.7 Å². The molecule has 0 amide bonds. The summed E-state index contributed by atoms with van der Waals surface area (Å²) in [6, 6.07) is 9.41. The van der Waals surface area contributed by atoms with Crippen molar-refractivity contribution in [2.24, 2.45) is 0 Å². The summed E-state index contributed by atoms with van der Waals surface area (Å²) >= 11 is 0. The highest BCUT2D eigenvalue weighted by Gasteiger charge is 2.10. The van der Waals surface area contributed by atoms with Crippen molar-refractivity contribution in [2.45, 2.75) is 39.3 Å². The van der Waals surface area contributed by atoms with Gasteiger partial charge < -0.3 is 10.1 Å². The minimum Gasteiger partial charge on any atom is -0.385 e. The summed E-state index contributed by atoms with van der Waals surface area (Å²) in [5.74, 6) is 0. The average Bonchev–Trinajstić information content (AvgIpc) is 2.26. The third kappa shape index (κ3) is 3.95. The number of aryl methyl sites for hydroxylation is 1. The van der Waals surface area contributed by atoms with Crippen molar-refractivity contribution in [3.8, 4) is 0 Å². The molecule has 90 valence electrons. The van der Waals surface area contributed by atoms with Gasteiger partial charge in [0.1, 0.15) is 0 Å². The molecule has 1 aromatic rings. The Hall–Kier alpha value is -0.860. The molecule has 0 radical (unpaired) electrons. The van der Waals surface area contributed by atoms with Gasteiger partial charge in [0.25, 0.3) is 0 Å². The van der Waals surface area contributed by atoms with Crippen LogP contribution < -0.4 is 5.32 Å². The van der Waals surface area contributed by atoms with E-state index in [4.69, 9.17) is 4.74 Å². The van der Waals surface area contributed by atoms with E-state index in [-0.39, 0.29) is 0 Å². The quantitative estimate of drug-likeness (QED) is 0.797. The number of nitrogens with one attached hydrogen (secondary N) is 1. The van der Waals surface area contributed by atoms with E-state index < -0.39 is 0 Å². The van der Waals surface area contributed by atoms with E-state index in [2.05, 4.69) is 50.4 Å². The van der Waals surface area contributed by atoms with Crippen LogP contribution in [0.25, 0.3) is 0 Å². The molecular formula is C14H23NO. The maximum Gasteiger partial charge on any atom is 0.0476 e. The Morgan fingerprint density at radius 1 is 1.25 bits per heavy atom. The smallest absolute Gasteiger partial charge is 0.0476 e. The van der Waals surface area contributed by atoms with Crippen LogP contribution in [0.15, 0.2) is 24.3 Å². The van der Waals surface area contributed by atoms with E-state index >= 15 is 0 Å². The monoisotopic (exact) mass is 221 g/mol. The molecule has 2 nitrogen and oxygen atoms in total. The topological polar surface area (TPSA) is 21.3 Å². The minimum absolute atomic E-state index is 0.396. The molecule has 0 saturated carbocycles. The third-order valence-electron chi connectivity index (χ3n) is 2.94. The van der Waals surface area contributed by atoms with E-state index in [1.807, 2.05) is 0 Å². The van der Waals surface area contributed by atoms with Crippen molar-refractivity contribution in [3.63, 3.8) is 0 Å². The Kier molecular flexibility index (Phi) is 5.50. The predicted molar refractivity (Wildman–Crippen MR) is 68.7 cm³/mol. The van der Waals surface area contributed by atoms with Crippen LogP contribution in [0.4, 0.5) is 0 Å². The number of methoxy groups -OCH3 is 1. The maximum absolute atomic E-state index is 5.08. The summed E-state index contributed by atoms with van der Waals surface area (Å²) in [7, 11) is 1.75. The van der Waals surface area contributed by atoms with Crippen molar-refractivity contribution in [1.29, 1.82) is 0 Å². The zero-order valence-corrected chi connectivity index (χ0v) is 10.8. The van der Waals surface area contributed by atoms with Gasteiger partial charge in [-0.15, -0.1) is 0 Å². The Morgan fingerprint density at radius 3 is 2.56 bits per heavy atom. The molecule has 1 N–H and O–H groups in total.